The SMILES string of the molecule is CN(C)C1(c2ccccc2)CC=C(c2[nH]c3ccccc3c2CCCCO)CC1.OCCCCc1c[nH]c2ccccc12. The molecule has 5 aromatic rings. The average molecular weight is 578 g/mol. The van der Waals surface area contributed by atoms with Crippen molar-refractivity contribution in [1.82, 2.24) is 14.9 Å². The summed E-state index contributed by atoms with van der Waals surface area (Å²) in [7, 11) is 4.41. The van der Waals surface area contributed by atoms with E-state index in [0.29, 0.717) is 6.61 Å². The number of unbranched alkanes of at least 4 members (excludes halogenated alkanes) is 2. The molecule has 43 heavy (non-hydrogen) atoms. The molecule has 0 radical (unpaired) electrons. The van der Waals surface area contributed by atoms with Crippen LogP contribution in [-0.2, 0) is 18.4 Å². The van der Waals surface area contributed by atoms with Gasteiger partial charge in [0.15, 0.2) is 0 Å². The van der Waals surface area contributed by atoms with E-state index in [1.165, 1.54) is 49.8 Å². The van der Waals surface area contributed by atoms with E-state index < -0.39 is 0 Å². The van der Waals surface area contributed by atoms with E-state index in [1.807, 2.05) is 6.07 Å². The van der Waals surface area contributed by atoms with E-state index in [4.69, 9.17) is 5.11 Å². The number of aliphatic hydroxyl groups is 2. The quantitative estimate of drug-likeness (QED) is 0.120. The highest BCUT2D eigenvalue weighted by atomic mass is 16.3. The molecule has 226 valence electrons. The maximum absolute atomic E-state index is 9.22. The second-order valence-corrected chi connectivity index (χ2v) is 12.0. The number of aromatic nitrogens is 2. The number of H-pyrrole nitrogens is 2. The Kier molecular flexibility index (Phi) is 10.5. The molecule has 6 rings (SSSR count). The van der Waals surface area contributed by atoms with Crippen molar-refractivity contribution in [2.24, 2.45) is 0 Å². The molecule has 5 nitrogen and oxygen atoms in total. The Morgan fingerprint density at radius 2 is 1.40 bits per heavy atom. The van der Waals surface area contributed by atoms with Gasteiger partial charge in [0.25, 0.3) is 0 Å². The minimum absolute atomic E-state index is 0.0633. The number of hydrogen-bond acceptors (Lipinski definition) is 3. The van der Waals surface area contributed by atoms with Crippen LogP contribution in [0, 0.1) is 0 Å². The van der Waals surface area contributed by atoms with Gasteiger partial charge in [-0.15, -0.1) is 0 Å². The summed E-state index contributed by atoms with van der Waals surface area (Å²) in [5.74, 6) is 0. The Balaban J connectivity index is 0.000000220. The van der Waals surface area contributed by atoms with Gasteiger partial charge in [-0.25, -0.2) is 0 Å². The van der Waals surface area contributed by atoms with Crippen LogP contribution in [0.5, 0.6) is 0 Å². The van der Waals surface area contributed by atoms with Gasteiger partial charge >= 0.3 is 0 Å². The number of aromatic amines is 2. The minimum atomic E-state index is 0.0633. The highest BCUT2D eigenvalue weighted by Gasteiger charge is 2.36. The fourth-order valence-corrected chi connectivity index (χ4v) is 6.65. The number of fused-ring (bicyclic) bond motifs is 2. The standard InChI is InChI=1S/C26H32N2O.C12H15NO/c1-28(2)26(21-10-4-3-5-11-21)17-15-20(16-18-26)25-23(13-8-9-19-29)22-12-6-7-14-24(22)27-25;14-8-4-3-5-10-9-13-12-7-2-1-6-11(10)12/h3-7,10-12,14-15,27,29H,8-9,13,16-19H2,1-2H3;1-2,6-7,9,13-14H,3-5,8H2. The lowest BCUT2D eigenvalue weighted by Gasteiger charge is -2.43. The van der Waals surface area contributed by atoms with Crippen LogP contribution in [0.3, 0.4) is 0 Å². The summed E-state index contributed by atoms with van der Waals surface area (Å²) >= 11 is 0. The Morgan fingerprint density at radius 3 is 2.07 bits per heavy atom. The highest BCUT2D eigenvalue weighted by molar-refractivity contribution is 5.89. The predicted molar refractivity (Wildman–Crippen MR) is 180 cm³/mol. The van der Waals surface area contributed by atoms with Crippen LogP contribution in [0.15, 0.2) is 91.1 Å². The van der Waals surface area contributed by atoms with Crippen LogP contribution in [-0.4, -0.2) is 52.4 Å². The van der Waals surface area contributed by atoms with Gasteiger partial charge in [0.2, 0.25) is 0 Å². The van der Waals surface area contributed by atoms with Gasteiger partial charge in [-0.05, 0) is 106 Å². The van der Waals surface area contributed by atoms with E-state index in [2.05, 4.69) is 114 Å². The lowest BCUT2D eigenvalue weighted by Crippen LogP contribution is -2.42. The molecule has 0 saturated heterocycles. The summed E-state index contributed by atoms with van der Waals surface area (Å²) in [5.41, 5.74) is 9.40. The van der Waals surface area contributed by atoms with Gasteiger partial charge in [-0.3, -0.25) is 4.90 Å². The van der Waals surface area contributed by atoms with Crippen molar-refractivity contribution >= 4 is 27.4 Å². The molecule has 1 aliphatic rings. The third-order valence-corrected chi connectivity index (χ3v) is 9.16. The minimum Gasteiger partial charge on any atom is -0.396 e. The molecule has 1 unspecified atom stereocenters. The van der Waals surface area contributed by atoms with Crippen LogP contribution in [0.1, 0.15) is 67.3 Å². The van der Waals surface area contributed by atoms with Gasteiger partial charge in [0.05, 0.1) is 0 Å². The molecule has 2 aromatic heterocycles. The normalized spacial score (nSPS) is 16.8. The number of allylic oxidation sites excluding steroid dienone is 1. The van der Waals surface area contributed by atoms with Crippen LogP contribution in [0.2, 0.25) is 0 Å². The van der Waals surface area contributed by atoms with E-state index in [9.17, 15) is 5.11 Å². The Labute approximate surface area is 256 Å². The average Bonchev–Trinajstić information content (AvgIpc) is 3.64. The first-order valence-corrected chi connectivity index (χ1v) is 15.9. The molecule has 5 heteroatoms. The number of rotatable bonds is 11. The fourth-order valence-electron chi connectivity index (χ4n) is 6.65. The molecule has 0 amide bonds. The van der Waals surface area contributed by atoms with Gasteiger partial charge in [0, 0.05) is 52.4 Å². The zero-order chi connectivity index (χ0) is 30.1. The number of aliphatic hydroxyl groups excluding tert-OH is 2. The predicted octanol–water partition coefficient (Wildman–Crippen LogP) is 7.99. The molecule has 3 aromatic carbocycles. The fraction of sp³-hybridized carbons (Fsp3) is 0.368. The second-order valence-electron chi connectivity index (χ2n) is 12.0. The maximum Gasteiger partial charge on any atom is 0.0492 e. The van der Waals surface area contributed by atoms with Gasteiger partial charge in [0.1, 0.15) is 0 Å². The van der Waals surface area contributed by atoms with Gasteiger partial charge in [-0.1, -0.05) is 72.8 Å². The van der Waals surface area contributed by atoms with Crippen molar-refractivity contribution in [3.05, 3.63) is 114 Å². The number of para-hydroxylation sites is 2. The first-order chi connectivity index (χ1) is 21.1. The third kappa shape index (κ3) is 6.96. The first kappa shape index (κ1) is 30.8. The molecule has 2 heterocycles. The van der Waals surface area contributed by atoms with Crippen molar-refractivity contribution in [1.29, 1.82) is 0 Å². The first-order valence-electron chi connectivity index (χ1n) is 15.9. The number of nitrogens with zero attached hydrogens (tertiary/aromatic N) is 1. The van der Waals surface area contributed by atoms with Crippen molar-refractivity contribution in [3.63, 3.8) is 0 Å². The van der Waals surface area contributed by atoms with Crippen molar-refractivity contribution in [3.8, 4) is 0 Å². The summed E-state index contributed by atoms with van der Waals surface area (Å²) in [4.78, 5) is 9.36. The zero-order valence-electron chi connectivity index (χ0n) is 25.8. The van der Waals surface area contributed by atoms with Gasteiger partial charge in [-0.2, -0.15) is 0 Å². The second kappa shape index (κ2) is 14.7. The lowest BCUT2D eigenvalue weighted by molar-refractivity contribution is 0.138. The number of hydrogen-bond donors (Lipinski definition) is 4. The molecule has 0 spiro atoms. The molecular formula is C38H47N3O2. The molecule has 1 aliphatic carbocycles. The summed E-state index contributed by atoms with van der Waals surface area (Å²) in [6, 6.07) is 27.9. The molecule has 1 atom stereocenters. The van der Waals surface area contributed by atoms with Gasteiger partial charge < -0.3 is 20.2 Å². The summed E-state index contributed by atoms with van der Waals surface area (Å²) in [5, 5.41) is 20.6. The molecule has 4 N–H and O–H groups in total. The van der Waals surface area contributed by atoms with Crippen LogP contribution in [0.25, 0.3) is 27.4 Å². The molecule has 0 saturated carbocycles. The molecule has 0 bridgehead atoms. The van der Waals surface area contributed by atoms with E-state index in [-0.39, 0.29) is 12.1 Å². The Morgan fingerprint density at radius 1 is 0.744 bits per heavy atom. The van der Waals surface area contributed by atoms with E-state index in [1.54, 1.807) is 0 Å². The zero-order valence-corrected chi connectivity index (χ0v) is 25.8. The smallest absolute Gasteiger partial charge is 0.0492 e. The summed E-state index contributed by atoms with van der Waals surface area (Å²) in [6.07, 6.45) is 13.6. The number of nitrogens with one attached hydrogen (secondary N) is 2. The molecule has 0 fully saturated rings. The summed E-state index contributed by atoms with van der Waals surface area (Å²) in [6.45, 7) is 0.561. The number of aryl methyl sites for hydroxylation is 2. The summed E-state index contributed by atoms with van der Waals surface area (Å²) < 4.78 is 0. The van der Waals surface area contributed by atoms with Crippen molar-refractivity contribution in [2.45, 2.75) is 63.3 Å². The Hall–Kier alpha value is -3.64. The van der Waals surface area contributed by atoms with Crippen molar-refractivity contribution in [2.75, 3.05) is 27.3 Å². The van der Waals surface area contributed by atoms with Crippen LogP contribution in [0.4, 0.5) is 0 Å². The molecule has 0 aliphatic heterocycles. The third-order valence-electron chi connectivity index (χ3n) is 9.16. The maximum atomic E-state index is 9.22. The van der Waals surface area contributed by atoms with E-state index >= 15 is 0 Å². The van der Waals surface area contributed by atoms with Crippen LogP contribution >= 0.6 is 0 Å². The van der Waals surface area contributed by atoms with Crippen molar-refractivity contribution < 1.29 is 10.2 Å². The largest absolute Gasteiger partial charge is 0.396 e. The van der Waals surface area contributed by atoms with E-state index in [0.717, 1.165) is 57.8 Å². The lowest BCUT2D eigenvalue weighted by atomic mass is 9.75. The topological polar surface area (TPSA) is 75.3 Å². The highest BCUT2D eigenvalue weighted by Crippen LogP contribution is 2.44. The van der Waals surface area contributed by atoms with Crippen LogP contribution < -0.4 is 0 Å². The molecular weight excluding hydrogens is 530 g/mol. The Bertz CT molecular complexity index is 1610. The monoisotopic (exact) mass is 577 g/mol. The number of benzene rings is 3.